The smallest absolute Gasteiger partial charge is 0.159 e. The van der Waals surface area contributed by atoms with E-state index in [-0.39, 0.29) is 11.9 Å². The molecule has 1 fully saturated rings. The average Bonchev–Trinajstić information content (AvgIpc) is 2.72. The molecule has 1 saturated heterocycles. The summed E-state index contributed by atoms with van der Waals surface area (Å²) in [6, 6.07) is 15.9. The maximum atomic E-state index is 14.7. The summed E-state index contributed by atoms with van der Waals surface area (Å²) in [6.45, 7) is 2.27. The van der Waals surface area contributed by atoms with Crippen LogP contribution in [0, 0.1) is 17.5 Å². The molecule has 3 aromatic rings. The molecule has 0 amide bonds. The van der Waals surface area contributed by atoms with E-state index in [2.05, 4.69) is 4.90 Å². The molecule has 0 aromatic heterocycles. The average molecular weight is 451 g/mol. The van der Waals surface area contributed by atoms with Crippen molar-refractivity contribution in [1.29, 1.82) is 0 Å². The molecule has 2 nitrogen and oxygen atoms in total. The van der Waals surface area contributed by atoms with E-state index in [0.29, 0.717) is 47.5 Å². The largest absolute Gasteiger partial charge is 0.360 e. The first-order valence-corrected chi connectivity index (χ1v) is 10.3. The highest BCUT2D eigenvalue weighted by Crippen LogP contribution is 2.34. The van der Waals surface area contributed by atoms with Crippen LogP contribution >= 0.6 is 23.2 Å². The molecule has 0 spiro atoms. The summed E-state index contributed by atoms with van der Waals surface area (Å²) < 4.78 is 41.5. The van der Waals surface area contributed by atoms with Gasteiger partial charge in [0.05, 0.1) is 11.7 Å². The van der Waals surface area contributed by atoms with Gasteiger partial charge < -0.3 is 4.90 Å². The standard InChI is InChI=1S/C23H19Cl2F3N2/c24-17-4-2-16(3-5-17)23-14-29(13-15-1-7-19(26)20(27)11-15)9-10-30(23)22-8-6-18(25)12-21(22)28/h1-8,11-12,23H,9-10,13-14H2. The summed E-state index contributed by atoms with van der Waals surface area (Å²) in [6.07, 6.45) is 0. The summed E-state index contributed by atoms with van der Waals surface area (Å²) >= 11 is 12.0. The summed E-state index contributed by atoms with van der Waals surface area (Å²) in [5, 5.41) is 0.966. The highest BCUT2D eigenvalue weighted by molar-refractivity contribution is 6.30. The molecule has 156 valence electrons. The number of hydrogen-bond acceptors (Lipinski definition) is 2. The second-order valence-electron chi connectivity index (χ2n) is 7.34. The van der Waals surface area contributed by atoms with Crippen molar-refractivity contribution in [3.8, 4) is 0 Å². The third kappa shape index (κ3) is 4.59. The quantitative estimate of drug-likeness (QED) is 0.449. The van der Waals surface area contributed by atoms with Crippen LogP contribution in [0.3, 0.4) is 0 Å². The molecule has 0 radical (unpaired) electrons. The summed E-state index contributed by atoms with van der Waals surface area (Å²) in [5.41, 5.74) is 2.16. The third-order valence-corrected chi connectivity index (χ3v) is 5.82. The van der Waals surface area contributed by atoms with Crippen molar-refractivity contribution in [2.45, 2.75) is 12.6 Å². The SMILES string of the molecule is Fc1ccc(CN2CCN(c3ccc(Cl)cc3F)C(c3ccc(Cl)cc3)C2)cc1F. The van der Waals surface area contributed by atoms with Crippen LogP contribution in [-0.2, 0) is 6.54 Å². The third-order valence-electron chi connectivity index (χ3n) is 5.33. The van der Waals surface area contributed by atoms with Crippen LogP contribution in [0.5, 0.6) is 0 Å². The lowest BCUT2D eigenvalue weighted by molar-refractivity contribution is 0.214. The van der Waals surface area contributed by atoms with Crippen molar-refractivity contribution >= 4 is 28.9 Å². The van der Waals surface area contributed by atoms with Crippen molar-refractivity contribution in [1.82, 2.24) is 4.90 Å². The Morgan fingerprint density at radius 3 is 2.20 bits per heavy atom. The van der Waals surface area contributed by atoms with Gasteiger partial charge in [-0.25, -0.2) is 13.2 Å². The second kappa shape index (κ2) is 8.88. The Labute approximate surface area is 183 Å². The van der Waals surface area contributed by atoms with E-state index < -0.39 is 11.6 Å². The molecule has 1 unspecified atom stereocenters. The van der Waals surface area contributed by atoms with Gasteiger partial charge in [-0.05, 0) is 53.6 Å². The Bertz CT molecular complexity index is 1040. The van der Waals surface area contributed by atoms with Crippen LogP contribution in [-0.4, -0.2) is 24.5 Å². The summed E-state index contributed by atoms with van der Waals surface area (Å²) in [5.74, 6) is -2.10. The molecule has 3 aromatic carbocycles. The van der Waals surface area contributed by atoms with Crippen molar-refractivity contribution in [2.24, 2.45) is 0 Å². The van der Waals surface area contributed by atoms with Crippen molar-refractivity contribution in [2.75, 3.05) is 24.5 Å². The maximum Gasteiger partial charge on any atom is 0.159 e. The molecule has 1 aliphatic heterocycles. The second-order valence-corrected chi connectivity index (χ2v) is 8.21. The van der Waals surface area contributed by atoms with E-state index >= 15 is 0 Å². The minimum Gasteiger partial charge on any atom is -0.360 e. The zero-order valence-corrected chi connectivity index (χ0v) is 17.5. The Hall–Kier alpha value is -2.21. The van der Waals surface area contributed by atoms with E-state index in [0.717, 1.165) is 11.6 Å². The van der Waals surface area contributed by atoms with Gasteiger partial charge >= 0.3 is 0 Å². The normalized spacial score (nSPS) is 17.4. The summed E-state index contributed by atoms with van der Waals surface area (Å²) in [7, 11) is 0. The minimum absolute atomic E-state index is 0.142. The number of benzene rings is 3. The van der Waals surface area contributed by atoms with Gasteiger partial charge in [0.15, 0.2) is 11.6 Å². The van der Waals surface area contributed by atoms with E-state index in [1.54, 1.807) is 18.2 Å². The molecule has 0 saturated carbocycles. The number of rotatable bonds is 4. The van der Waals surface area contributed by atoms with Gasteiger partial charge in [-0.3, -0.25) is 4.90 Å². The minimum atomic E-state index is -0.860. The van der Waals surface area contributed by atoms with Gasteiger partial charge in [-0.2, -0.15) is 0 Å². The Morgan fingerprint density at radius 1 is 0.767 bits per heavy atom. The first-order chi connectivity index (χ1) is 14.4. The van der Waals surface area contributed by atoms with Crippen LogP contribution in [0.1, 0.15) is 17.2 Å². The highest BCUT2D eigenvalue weighted by atomic mass is 35.5. The zero-order chi connectivity index (χ0) is 21.3. The first kappa shape index (κ1) is 21.0. The van der Waals surface area contributed by atoms with Crippen molar-refractivity contribution in [3.05, 3.63) is 99.3 Å². The van der Waals surface area contributed by atoms with Gasteiger partial charge in [0, 0.05) is 36.2 Å². The maximum absolute atomic E-state index is 14.7. The predicted molar refractivity (Wildman–Crippen MR) is 115 cm³/mol. The van der Waals surface area contributed by atoms with E-state index in [9.17, 15) is 13.2 Å². The fraction of sp³-hybridized carbons (Fsp3) is 0.217. The zero-order valence-electron chi connectivity index (χ0n) is 16.0. The first-order valence-electron chi connectivity index (χ1n) is 9.54. The van der Waals surface area contributed by atoms with Crippen LogP contribution in [0.25, 0.3) is 0 Å². The van der Waals surface area contributed by atoms with Gasteiger partial charge in [-0.1, -0.05) is 41.4 Å². The van der Waals surface area contributed by atoms with Crippen molar-refractivity contribution in [3.63, 3.8) is 0 Å². The molecule has 30 heavy (non-hydrogen) atoms. The van der Waals surface area contributed by atoms with E-state index in [1.165, 1.54) is 12.1 Å². The molecular formula is C23H19Cl2F3N2. The Morgan fingerprint density at radius 2 is 1.50 bits per heavy atom. The van der Waals surface area contributed by atoms with Gasteiger partial charge in [-0.15, -0.1) is 0 Å². The van der Waals surface area contributed by atoms with Crippen molar-refractivity contribution < 1.29 is 13.2 Å². The lowest BCUT2D eigenvalue weighted by Gasteiger charge is -2.43. The van der Waals surface area contributed by atoms with E-state index in [1.807, 2.05) is 29.2 Å². The molecule has 1 aliphatic rings. The molecule has 7 heteroatoms. The number of halogens is 5. The summed E-state index contributed by atoms with van der Waals surface area (Å²) in [4.78, 5) is 4.16. The highest BCUT2D eigenvalue weighted by Gasteiger charge is 2.30. The fourth-order valence-corrected chi connectivity index (χ4v) is 4.14. The van der Waals surface area contributed by atoms with Crippen LogP contribution in [0.2, 0.25) is 10.0 Å². The Balaban J connectivity index is 1.62. The lowest BCUT2D eigenvalue weighted by Crippen LogP contribution is -2.48. The predicted octanol–water partition coefficient (Wildman–Crippen LogP) is 6.47. The number of nitrogens with zero attached hydrogens (tertiary/aromatic N) is 2. The molecule has 1 heterocycles. The number of piperazine rings is 1. The number of anilines is 1. The fourth-order valence-electron chi connectivity index (χ4n) is 3.85. The van der Waals surface area contributed by atoms with Crippen LogP contribution in [0.15, 0.2) is 60.7 Å². The Kier molecular flexibility index (Phi) is 6.23. The molecule has 0 aliphatic carbocycles. The van der Waals surface area contributed by atoms with Gasteiger partial charge in [0.2, 0.25) is 0 Å². The van der Waals surface area contributed by atoms with Crippen LogP contribution < -0.4 is 4.90 Å². The van der Waals surface area contributed by atoms with E-state index in [4.69, 9.17) is 23.2 Å². The molecule has 1 atom stereocenters. The molecule has 0 bridgehead atoms. The monoisotopic (exact) mass is 450 g/mol. The molecule has 4 rings (SSSR count). The van der Waals surface area contributed by atoms with Gasteiger partial charge in [0.1, 0.15) is 5.82 Å². The van der Waals surface area contributed by atoms with Crippen LogP contribution in [0.4, 0.5) is 18.9 Å². The number of hydrogen-bond donors (Lipinski definition) is 0. The molecule has 0 N–H and O–H groups in total. The topological polar surface area (TPSA) is 6.48 Å². The lowest BCUT2D eigenvalue weighted by atomic mass is 10.0. The van der Waals surface area contributed by atoms with Gasteiger partial charge in [0.25, 0.3) is 0 Å². The molecular weight excluding hydrogens is 432 g/mol.